The molecule has 2 nitrogen and oxygen atoms in total. The Morgan fingerprint density at radius 1 is 1.75 bits per heavy atom. The Kier molecular flexibility index (Phi) is 1.36. The summed E-state index contributed by atoms with van der Waals surface area (Å²) in [5, 5.41) is 0. The van der Waals surface area contributed by atoms with E-state index in [1.807, 2.05) is 13.2 Å². The molecule has 0 saturated carbocycles. The first-order valence-corrected chi connectivity index (χ1v) is 2.87. The van der Waals surface area contributed by atoms with Gasteiger partial charge in [-0.2, -0.15) is 4.90 Å². The van der Waals surface area contributed by atoms with Crippen LogP contribution in [-0.4, -0.2) is 30.1 Å². The SMILES string of the molecule is CCN1[C+]=CN(C)C1. The normalized spacial score (nSPS) is 17.2. The molecule has 0 spiro atoms. The van der Waals surface area contributed by atoms with Gasteiger partial charge >= 0.3 is 6.20 Å². The van der Waals surface area contributed by atoms with Gasteiger partial charge in [-0.25, -0.2) is 0 Å². The summed E-state index contributed by atoms with van der Waals surface area (Å²) in [6, 6.07) is 0. The van der Waals surface area contributed by atoms with E-state index in [0.29, 0.717) is 0 Å². The largest absolute Gasteiger partial charge is 0.391 e. The van der Waals surface area contributed by atoms with Crippen molar-refractivity contribution < 1.29 is 0 Å². The Balaban J connectivity index is 2.34. The molecule has 0 amide bonds. The average Bonchev–Trinajstić information content (AvgIpc) is 2.14. The van der Waals surface area contributed by atoms with E-state index < -0.39 is 0 Å². The van der Waals surface area contributed by atoms with Gasteiger partial charge in [0.1, 0.15) is 6.67 Å². The highest BCUT2D eigenvalue weighted by atomic mass is 15.3. The fourth-order valence-corrected chi connectivity index (χ4v) is 0.722. The minimum atomic E-state index is 0.997. The van der Waals surface area contributed by atoms with Crippen LogP contribution in [0.25, 0.3) is 0 Å². The van der Waals surface area contributed by atoms with Crippen molar-refractivity contribution in [2.75, 3.05) is 20.3 Å². The maximum atomic E-state index is 3.09. The van der Waals surface area contributed by atoms with Crippen LogP contribution in [0.1, 0.15) is 6.92 Å². The molecule has 1 heterocycles. The summed E-state index contributed by atoms with van der Waals surface area (Å²) >= 11 is 0. The minimum absolute atomic E-state index is 0.997. The van der Waals surface area contributed by atoms with Crippen molar-refractivity contribution in [3.63, 3.8) is 0 Å². The minimum Gasteiger partial charge on any atom is -0.314 e. The van der Waals surface area contributed by atoms with Gasteiger partial charge in [-0.1, -0.05) is 0 Å². The van der Waals surface area contributed by atoms with E-state index >= 15 is 0 Å². The quantitative estimate of drug-likeness (QED) is 0.454. The van der Waals surface area contributed by atoms with E-state index in [-0.39, 0.29) is 0 Å². The Morgan fingerprint density at radius 2 is 2.50 bits per heavy atom. The summed E-state index contributed by atoms with van der Waals surface area (Å²) in [5.74, 6) is 0. The third-order valence-electron chi connectivity index (χ3n) is 1.24. The monoisotopic (exact) mass is 111 g/mol. The molecule has 1 aliphatic rings. The van der Waals surface area contributed by atoms with Crippen LogP contribution in [0.5, 0.6) is 0 Å². The maximum absolute atomic E-state index is 3.09. The third-order valence-corrected chi connectivity index (χ3v) is 1.24. The Morgan fingerprint density at radius 3 is 2.75 bits per heavy atom. The third kappa shape index (κ3) is 0.903. The van der Waals surface area contributed by atoms with Crippen LogP contribution >= 0.6 is 0 Å². The summed E-state index contributed by atoms with van der Waals surface area (Å²) < 4.78 is 0. The van der Waals surface area contributed by atoms with Crippen molar-refractivity contribution in [1.29, 1.82) is 0 Å². The molecule has 0 radical (unpaired) electrons. The van der Waals surface area contributed by atoms with Crippen molar-refractivity contribution in [3.05, 3.63) is 12.4 Å². The number of hydrogen-bond acceptors (Lipinski definition) is 2. The van der Waals surface area contributed by atoms with E-state index in [1.54, 1.807) is 0 Å². The van der Waals surface area contributed by atoms with Gasteiger partial charge in [0.2, 0.25) is 0 Å². The Labute approximate surface area is 50.4 Å². The summed E-state index contributed by atoms with van der Waals surface area (Å²) in [7, 11) is 2.04. The predicted octanol–water partition coefficient (Wildman–Crippen LogP) is 0.486. The van der Waals surface area contributed by atoms with Crippen molar-refractivity contribution in [1.82, 2.24) is 9.80 Å². The van der Waals surface area contributed by atoms with Gasteiger partial charge < -0.3 is 4.90 Å². The molecular formula is C6H11N2+. The average molecular weight is 111 g/mol. The topological polar surface area (TPSA) is 6.48 Å². The fraction of sp³-hybridized carbons (Fsp3) is 0.667. The fourth-order valence-electron chi connectivity index (χ4n) is 0.722. The molecule has 2 heteroatoms. The number of hydrogen-bond donors (Lipinski definition) is 0. The van der Waals surface area contributed by atoms with Crippen molar-refractivity contribution >= 4 is 0 Å². The second-order valence-corrected chi connectivity index (χ2v) is 2.01. The van der Waals surface area contributed by atoms with E-state index in [2.05, 4.69) is 22.9 Å². The highest BCUT2D eigenvalue weighted by Crippen LogP contribution is 1.99. The molecule has 0 aromatic rings. The van der Waals surface area contributed by atoms with Gasteiger partial charge in [-0.05, 0) is 6.92 Å². The van der Waals surface area contributed by atoms with Crippen LogP contribution < -0.4 is 0 Å². The molecule has 0 unspecified atom stereocenters. The first kappa shape index (κ1) is 5.39. The lowest BCUT2D eigenvalue weighted by molar-refractivity contribution is 0.300. The number of nitrogens with zero attached hydrogens (tertiary/aromatic N) is 2. The van der Waals surface area contributed by atoms with Gasteiger partial charge in [-0.15, -0.1) is 0 Å². The lowest BCUT2D eigenvalue weighted by Gasteiger charge is -2.03. The van der Waals surface area contributed by atoms with Crippen LogP contribution in [-0.2, 0) is 0 Å². The van der Waals surface area contributed by atoms with Gasteiger partial charge in [-0.3, -0.25) is 0 Å². The summed E-state index contributed by atoms with van der Waals surface area (Å²) in [5.41, 5.74) is 0. The molecule has 0 bridgehead atoms. The molecule has 0 atom stereocenters. The van der Waals surface area contributed by atoms with E-state index in [4.69, 9.17) is 0 Å². The van der Waals surface area contributed by atoms with Crippen molar-refractivity contribution in [2.24, 2.45) is 0 Å². The molecule has 44 valence electrons. The van der Waals surface area contributed by atoms with E-state index in [0.717, 1.165) is 13.2 Å². The zero-order valence-corrected chi connectivity index (χ0v) is 5.39. The molecule has 8 heavy (non-hydrogen) atoms. The van der Waals surface area contributed by atoms with Gasteiger partial charge in [0.05, 0.1) is 6.54 Å². The zero-order chi connectivity index (χ0) is 5.98. The smallest absolute Gasteiger partial charge is 0.314 e. The molecule has 0 aromatic carbocycles. The Bertz CT molecular complexity index is 98.7. The van der Waals surface area contributed by atoms with Crippen LogP contribution in [0.2, 0.25) is 0 Å². The van der Waals surface area contributed by atoms with Gasteiger partial charge in [0, 0.05) is 7.05 Å². The molecule has 0 N–H and O–H groups in total. The second-order valence-electron chi connectivity index (χ2n) is 2.01. The summed E-state index contributed by atoms with van der Waals surface area (Å²) in [6.45, 7) is 4.18. The van der Waals surface area contributed by atoms with Crippen LogP contribution in [0.3, 0.4) is 0 Å². The predicted molar refractivity (Wildman–Crippen MR) is 32.8 cm³/mol. The van der Waals surface area contributed by atoms with Crippen molar-refractivity contribution in [2.45, 2.75) is 6.92 Å². The standard InChI is InChI=1S/C6H11N2/c1-3-8-5-4-7(2)6-8/h4H,3,6H2,1-2H3/q+1. The van der Waals surface area contributed by atoms with Crippen LogP contribution in [0.15, 0.2) is 6.20 Å². The van der Waals surface area contributed by atoms with E-state index in [1.165, 1.54) is 0 Å². The molecule has 0 saturated heterocycles. The molecule has 1 aliphatic heterocycles. The molecule has 1 rings (SSSR count). The summed E-state index contributed by atoms with van der Waals surface area (Å²) in [6.07, 6.45) is 5.05. The van der Waals surface area contributed by atoms with Gasteiger partial charge in [0.15, 0.2) is 0 Å². The maximum Gasteiger partial charge on any atom is 0.391 e. The second kappa shape index (κ2) is 2.01. The van der Waals surface area contributed by atoms with Crippen molar-refractivity contribution in [3.8, 4) is 0 Å². The molecule has 0 aromatic heterocycles. The first-order valence-electron chi connectivity index (χ1n) is 2.87. The van der Waals surface area contributed by atoms with Crippen LogP contribution in [0.4, 0.5) is 0 Å². The lowest BCUT2D eigenvalue weighted by atomic mass is 10.6. The highest BCUT2D eigenvalue weighted by molar-refractivity contribution is 4.80. The van der Waals surface area contributed by atoms with Gasteiger partial charge in [0.25, 0.3) is 6.20 Å². The molecular weight excluding hydrogens is 100 g/mol. The highest BCUT2D eigenvalue weighted by Gasteiger charge is 2.18. The van der Waals surface area contributed by atoms with Crippen LogP contribution in [0, 0.1) is 6.20 Å². The lowest BCUT2D eigenvalue weighted by Crippen LogP contribution is -2.21. The zero-order valence-electron chi connectivity index (χ0n) is 5.39. The van der Waals surface area contributed by atoms with E-state index in [9.17, 15) is 0 Å². The number of rotatable bonds is 1. The Hall–Kier alpha value is -0.750. The summed E-state index contributed by atoms with van der Waals surface area (Å²) in [4.78, 5) is 4.23. The molecule has 0 fully saturated rings. The molecule has 0 aliphatic carbocycles. The first-order chi connectivity index (χ1) is 3.83.